The highest BCUT2D eigenvalue weighted by molar-refractivity contribution is 5.85. The number of hydrogen-bond donors (Lipinski definition) is 2. The van der Waals surface area contributed by atoms with Crippen LogP contribution in [0.2, 0.25) is 0 Å². The zero-order chi connectivity index (χ0) is 9.61. The van der Waals surface area contributed by atoms with Gasteiger partial charge in [-0.3, -0.25) is 4.79 Å². The summed E-state index contributed by atoms with van der Waals surface area (Å²) in [5, 5.41) is 8.29. The number of ether oxygens (including phenoxy) is 1. The molecule has 0 aliphatic rings. The monoisotopic (exact) mass is 211 g/mol. The molecular formula is C8H18ClNO3. The van der Waals surface area contributed by atoms with Crippen molar-refractivity contribution in [3.8, 4) is 0 Å². The number of carboxylic acid groups (broad SMARTS) is 1. The summed E-state index contributed by atoms with van der Waals surface area (Å²) in [5.74, 6) is -0.786. The van der Waals surface area contributed by atoms with E-state index in [1.165, 1.54) is 0 Å². The standard InChI is InChI=1S/C8H17NO3.ClH/c1-8(2,9)6-12-5-3-4-7(10)11;/h3-6,9H2,1-2H3,(H,10,11);1H. The molecule has 0 aromatic carbocycles. The van der Waals surface area contributed by atoms with Crippen molar-refractivity contribution in [2.75, 3.05) is 13.2 Å². The molecule has 13 heavy (non-hydrogen) atoms. The van der Waals surface area contributed by atoms with Crippen molar-refractivity contribution < 1.29 is 14.6 Å². The number of aliphatic carboxylic acids is 1. The van der Waals surface area contributed by atoms with Crippen LogP contribution < -0.4 is 5.73 Å². The molecule has 3 N–H and O–H groups in total. The van der Waals surface area contributed by atoms with Gasteiger partial charge in [-0.25, -0.2) is 0 Å². The smallest absolute Gasteiger partial charge is 0.303 e. The van der Waals surface area contributed by atoms with Gasteiger partial charge in [-0.05, 0) is 20.3 Å². The Balaban J connectivity index is 0. The van der Waals surface area contributed by atoms with Crippen molar-refractivity contribution in [2.45, 2.75) is 32.2 Å². The second kappa shape index (κ2) is 7.12. The van der Waals surface area contributed by atoms with Gasteiger partial charge in [-0.15, -0.1) is 12.4 Å². The first-order chi connectivity index (χ1) is 5.42. The minimum atomic E-state index is -0.786. The maximum absolute atomic E-state index is 10.1. The summed E-state index contributed by atoms with van der Waals surface area (Å²) in [6.45, 7) is 4.66. The molecule has 0 amide bonds. The molecule has 0 aliphatic carbocycles. The Labute approximate surface area is 84.9 Å². The van der Waals surface area contributed by atoms with E-state index < -0.39 is 5.97 Å². The molecule has 0 unspecified atom stereocenters. The van der Waals surface area contributed by atoms with E-state index in [0.717, 1.165) is 0 Å². The molecule has 0 bridgehead atoms. The quantitative estimate of drug-likeness (QED) is 0.644. The van der Waals surface area contributed by atoms with Gasteiger partial charge in [0, 0.05) is 18.6 Å². The van der Waals surface area contributed by atoms with E-state index in [0.29, 0.717) is 19.6 Å². The normalized spacial score (nSPS) is 10.7. The first kappa shape index (κ1) is 15.2. The van der Waals surface area contributed by atoms with Crippen molar-refractivity contribution in [3.63, 3.8) is 0 Å². The lowest BCUT2D eigenvalue weighted by molar-refractivity contribution is -0.137. The number of carbonyl (C=O) groups is 1. The van der Waals surface area contributed by atoms with E-state index in [2.05, 4.69) is 0 Å². The molecule has 0 rings (SSSR count). The van der Waals surface area contributed by atoms with Crippen LogP contribution in [0.25, 0.3) is 0 Å². The van der Waals surface area contributed by atoms with Crippen LogP contribution in [0.15, 0.2) is 0 Å². The van der Waals surface area contributed by atoms with E-state index in [-0.39, 0.29) is 24.4 Å². The van der Waals surface area contributed by atoms with Crippen LogP contribution in [-0.4, -0.2) is 29.8 Å². The maximum atomic E-state index is 10.1. The molecule has 0 atom stereocenters. The van der Waals surface area contributed by atoms with Gasteiger partial charge < -0.3 is 15.6 Å². The molecule has 0 aromatic heterocycles. The van der Waals surface area contributed by atoms with Gasteiger partial charge in [0.05, 0.1) is 6.61 Å². The van der Waals surface area contributed by atoms with Gasteiger partial charge in [0.25, 0.3) is 0 Å². The Morgan fingerprint density at radius 2 is 2.08 bits per heavy atom. The average Bonchev–Trinajstić information content (AvgIpc) is 1.83. The van der Waals surface area contributed by atoms with Crippen LogP contribution >= 0.6 is 12.4 Å². The highest BCUT2D eigenvalue weighted by Gasteiger charge is 2.09. The first-order valence-electron chi connectivity index (χ1n) is 4.00. The van der Waals surface area contributed by atoms with Gasteiger partial charge in [0.2, 0.25) is 0 Å². The third-order valence-corrected chi connectivity index (χ3v) is 1.15. The molecule has 0 aliphatic heterocycles. The summed E-state index contributed by atoms with van der Waals surface area (Å²) < 4.78 is 5.16. The number of carboxylic acids is 1. The Hall–Kier alpha value is -0.320. The fourth-order valence-electron chi connectivity index (χ4n) is 0.661. The Morgan fingerprint density at radius 3 is 2.46 bits per heavy atom. The summed E-state index contributed by atoms with van der Waals surface area (Å²) in [6.07, 6.45) is 0.705. The minimum Gasteiger partial charge on any atom is -0.481 e. The zero-order valence-electron chi connectivity index (χ0n) is 8.08. The van der Waals surface area contributed by atoms with E-state index in [4.69, 9.17) is 15.6 Å². The van der Waals surface area contributed by atoms with Crippen LogP contribution in [-0.2, 0) is 9.53 Å². The van der Waals surface area contributed by atoms with E-state index in [9.17, 15) is 4.79 Å². The molecular weight excluding hydrogens is 194 g/mol. The molecule has 0 heterocycles. The van der Waals surface area contributed by atoms with E-state index in [1.54, 1.807) is 0 Å². The third kappa shape index (κ3) is 14.5. The molecule has 0 fully saturated rings. The Bertz CT molecular complexity index is 145. The van der Waals surface area contributed by atoms with Crippen molar-refractivity contribution in [2.24, 2.45) is 5.73 Å². The summed E-state index contributed by atoms with van der Waals surface area (Å²) in [4.78, 5) is 10.1. The fraction of sp³-hybridized carbons (Fsp3) is 0.875. The fourth-order valence-corrected chi connectivity index (χ4v) is 0.661. The Morgan fingerprint density at radius 1 is 1.54 bits per heavy atom. The molecule has 0 saturated heterocycles. The lowest BCUT2D eigenvalue weighted by Crippen LogP contribution is -2.37. The molecule has 0 aromatic rings. The molecule has 0 saturated carbocycles. The van der Waals surface area contributed by atoms with Crippen LogP contribution in [0.3, 0.4) is 0 Å². The van der Waals surface area contributed by atoms with Crippen molar-refractivity contribution in [3.05, 3.63) is 0 Å². The summed E-state index contributed by atoms with van der Waals surface area (Å²) in [6, 6.07) is 0. The topological polar surface area (TPSA) is 72.5 Å². The Kier molecular flexibility index (Phi) is 8.30. The number of rotatable bonds is 6. The SMILES string of the molecule is CC(C)(N)COCCCC(=O)O.Cl. The van der Waals surface area contributed by atoms with E-state index in [1.807, 2.05) is 13.8 Å². The lowest BCUT2D eigenvalue weighted by Gasteiger charge is -2.17. The van der Waals surface area contributed by atoms with Crippen LogP contribution in [0, 0.1) is 0 Å². The zero-order valence-corrected chi connectivity index (χ0v) is 8.89. The minimum absolute atomic E-state index is 0. The molecule has 80 valence electrons. The van der Waals surface area contributed by atoms with E-state index >= 15 is 0 Å². The van der Waals surface area contributed by atoms with Crippen molar-refractivity contribution in [1.82, 2.24) is 0 Å². The molecule has 5 heteroatoms. The summed E-state index contributed by atoms with van der Waals surface area (Å²) in [5.41, 5.74) is 5.31. The maximum Gasteiger partial charge on any atom is 0.303 e. The largest absolute Gasteiger partial charge is 0.481 e. The number of halogens is 1. The van der Waals surface area contributed by atoms with Crippen molar-refractivity contribution in [1.29, 1.82) is 0 Å². The van der Waals surface area contributed by atoms with Crippen LogP contribution in [0.4, 0.5) is 0 Å². The number of hydrogen-bond acceptors (Lipinski definition) is 3. The van der Waals surface area contributed by atoms with Gasteiger partial charge in [0.15, 0.2) is 0 Å². The van der Waals surface area contributed by atoms with Crippen LogP contribution in [0.1, 0.15) is 26.7 Å². The second-order valence-corrected chi connectivity index (χ2v) is 3.54. The number of nitrogens with two attached hydrogens (primary N) is 1. The highest BCUT2D eigenvalue weighted by atomic mass is 35.5. The van der Waals surface area contributed by atoms with Gasteiger partial charge in [-0.2, -0.15) is 0 Å². The average molecular weight is 212 g/mol. The van der Waals surface area contributed by atoms with Crippen molar-refractivity contribution >= 4 is 18.4 Å². The third-order valence-electron chi connectivity index (χ3n) is 1.15. The van der Waals surface area contributed by atoms with Crippen LogP contribution in [0.5, 0.6) is 0 Å². The van der Waals surface area contributed by atoms with Gasteiger partial charge in [0.1, 0.15) is 0 Å². The first-order valence-corrected chi connectivity index (χ1v) is 4.00. The second-order valence-electron chi connectivity index (χ2n) is 3.54. The molecule has 0 spiro atoms. The predicted octanol–water partition coefficient (Wildman–Crippen LogP) is 1.03. The molecule has 4 nitrogen and oxygen atoms in total. The lowest BCUT2D eigenvalue weighted by atomic mass is 10.1. The summed E-state index contributed by atoms with van der Waals surface area (Å²) >= 11 is 0. The predicted molar refractivity (Wildman–Crippen MR) is 53.2 cm³/mol. The molecule has 0 radical (unpaired) electrons. The highest BCUT2D eigenvalue weighted by Crippen LogP contribution is 1.98. The summed E-state index contributed by atoms with van der Waals surface area (Å²) in [7, 11) is 0. The van der Waals surface area contributed by atoms with Gasteiger partial charge in [-0.1, -0.05) is 0 Å². The van der Waals surface area contributed by atoms with Gasteiger partial charge >= 0.3 is 5.97 Å².